The van der Waals surface area contributed by atoms with E-state index < -0.39 is 4.70 Å². The van der Waals surface area contributed by atoms with E-state index in [-0.39, 0.29) is 0 Å². The Morgan fingerprint density at radius 2 is 2.00 bits per heavy atom. The van der Waals surface area contributed by atoms with Gasteiger partial charge in [0.2, 0.25) is 4.70 Å². The number of halogens is 1. The van der Waals surface area contributed by atoms with E-state index in [4.69, 9.17) is 9.47 Å². The molecule has 0 aromatic heterocycles. The van der Waals surface area contributed by atoms with Crippen LogP contribution in [0.4, 0.5) is 0 Å². The fourth-order valence-electron chi connectivity index (χ4n) is 0.754. The second kappa shape index (κ2) is 2.99. The molecule has 1 aliphatic heterocycles. The first-order chi connectivity index (χ1) is 4.27. The number of hydrogen-bond acceptors (Lipinski definition) is 2. The first-order valence-electron chi connectivity index (χ1n) is 3.24. The highest BCUT2D eigenvalue weighted by Crippen LogP contribution is 2.28. The van der Waals surface area contributed by atoms with Gasteiger partial charge in [-0.1, -0.05) is 6.92 Å². The largest absolute Gasteiger partial charge is 0.341 e. The second-order valence-corrected chi connectivity index (χ2v) is 3.27. The van der Waals surface area contributed by atoms with E-state index in [2.05, 4.69) is 15.9 Å². The maximum absolute atomic E-state index is 5.31. The Hall–Kier alpha value is 0.400. The van der Waals surface area contributed by atoms with E-state index in [1.165, 1.54) is 0 Å². The number of ether oxygens (including phenoxy) is 2. The SMILES string of the molecule is CCC1(Br)OCCCO1. The van der Waals surface area contributed by atoms with Crippen LogP contribution in [0.2, 0.25) is 0 Å². The van der Waals surface area contributed by atoms with E-state index in [9.17, 15) is 0 Å². The Morgan fingerprint density at radius 3 is 2.33 bits per heavy atom. The van der Waals surface area contributed by atoms with Crippen LogP contribution in [0.25, 0.3) is 0 Å². The number of alkyl halides is 1. The molecule has 1 aliphatic rings. The van der Waals surface area contributed by atoms with Crippen molar-refractivity contribution in [1.29, 1.82) is 0 Å². The van der Waals surface area contributed by atoms with Gasteiger partial charge in [-0.3, -0.25) is 0 Å². The lowest BCUT2D eigenvalue weighted by Crippen LogP contribution is -2.33. The fraction of sp³-hybridized carbons (Fsp3) is 1.00. The van der Waals surface area contributed by atoms with Crippen molar-refractivity contribution in [3.8, 4) is 0 Å². The van der Waals surface area contributed by atoms with Crippen LogP contribution in [0.5, 0.6) is 0 Å². The third-order valence-electron chi connectivity index (χ3n) is 1.35. The summed E-state index contributed by atoms with van der Waals surface area (Å²) in [6, 6.07) is 0. The minimum atomic E-state index is -0.467. The monoisotopic (exact) mass is 194 g/mol. The first kappa shape index (κ1) is 7.51. The molecule has 1 saturated heterocycles. The minimum Gasteiger partial charge on any atom is -0.341 e. The second-order valence-electron chi connectivity index (χ2n) is 2.06. The van der Waals surface area contributed by atoms with Gasteiger partial charge in [0, 0.05) is 6.42 Å². The molecule has 1 fully saturated rings. The normalized spacial score (nSPS) is 26.0. The van der Waals surface area contributed by atoms with E-state index in [0.29, 0.717) is 0 Å². The number of hydrogen-bond donors (Lipinski definition) is 0. The van der Waals surface area contributed by atoms with Gasteiger partial charge >= 0.3 is 0 Å². The van der Waals surface area contributed by atoms with E-state index >= 15 is 0 Å². The van der Waals surface area contributed by atoms with Crippen molar-refractivity contribution in [3.63, 3.8) is 0 Å². The Bertz CT molecular complexity index is 89.1. The molecule has 0 aromatic carbocycles. The standard InChI is InChI=1S/C6H11BrO2/c1-2-6(7)8-4-3-5-9-6/h2-5H2,1H3. The lowest BCUT2D eigenvalue weighted by Gasteiger charge is -2.30. The summed E-state index contributed by atoms with van der Waals surface area (Å²) in [5, 5.41) is 0. The molecule has 1 heterocycles. The summed E-state index contributed by atoms with van der Waals surface area (Å²) in [7, 11) is 0. The van der Waals surface area contributed by atoms with E-state index in [1.54, 1.807) is 0 Å². The first-order valence-corrected chi connectivity index (χ1v) is 4.03. The van der Waals surface area contributed by atoms with Crippen LogP contribution in [0, 0.1) is 0 Å². The number of rotatable bonds is 1. The predicted molar refractivity (Wildman–Crippen MR) is 38.5 cm³/mol. The maximum atomic E-state index is 5.31. The van der Waals surface area contributed by atoms with Crippen molar-refractivity contribution in [2.24, 2.45) is 0 Å². The molecule has 2 nitrogen and oxygen atoms in total. The summed E-state index contributed by atoms with van der Waals surface area (Å²) in [6.45, 7) is 3.64. The Morgan fingerprint density at radius 1 is 1.44 bits per heavy atom. The third-order valence-corrected chi connectivity index (χ3v) is 2.36. The van der Waals surface area contributed by atoms with Gasteiger partial charge in [-0.25, -0.2) is 0 Å². The van der Waals surface area contributed by atoms with Crippen LogP contribution in [0.1, 0.15) is 19.8 Å². The maximum Gasteiger partial charge on any atom is 0.226 e. The molecular weight excluding hydrogens is 184 g/mol. The Balaban J connectivity index is 2.37. The lowest BCUT2D eigenvalue weighted by atomic mass is 10.4. The van der Waals surface area contributed by atoms with Crippen molar-refractivity contribution in [2.45, 2.75) is 24.5 Å². The topological polar surface area (TPSA) is 18.5 Å². The van der Waals surface area contributed by atoms with Crippen LogP contribution < -0.4 is 0 Å². The van der Waals surface area contributed by atoms with Gasteiger partial charge in [0.05, 0.1) is 13.2 Å². The van der Waals surface area contributed by atoms with Crippen LogP contribution in [-0.4, -0.2) is 17.9 Å². The molecule has 0 aliphatic carbocycles. The average Bonchev–Trinajstić information content (AvgIpc) is 1.90. The molecule has 1 rings (SSSR count). The smallest absolute Gasteiger partial charge is 0.226 e. The van der Waals surface area contributed by atoms with Gasteiger partial charge in [0.15, 0.2) is 0 Å². The third kappa shape index (κ3) is 1.92. The van der Waals surface area contributed by atoms with Crippen molar-refractivity contribution < 1.29 is 9.47 Å². The van der Waals surface area contributed by atoms with Gasteiger partial charge in [-0.2, -0.15) is 0 Å². The summed E-state index contributed by atoms with van der Waals surface area (Å²) >= 11 is 3.35. The van der Waals surface area contributed by atoms with Crippen LogP contribution in [0.3, 0.4) is 0 Å². The summed E-state index contributed by atoms with van der Waals surface area (Å²) in [4.78, 5) is 0. The van der Waals surface area contributed by atoms with Gasteiger partial charge < -0.3 is 9.47 Å². The molecule has 0 aromatic rings. The summed E-state index contributed by atoms with van der Waals surface area (Å²) < 4.78 is 10.2. The zero-order chi connectivity index (χ0) is 6.74. The average molecular weight is 195 g/mol. The van der Waals surface area contributed by atoms with Gasteiger partial charge in [-0.05, 0) is 22.4 Å². The van der Waals surface area contributed by atoms with Crippen molar-refractivity contribution in [2.75, 3.05) is 13.2 Å². The summed E-state index contributed by atoms with van der Waals surface area (Å²) in [5.41, 5.74) is 0. The molecule has 0 radical (unpaired) electrons. The highest BCUT2D eigenvalue weighted by molar-refractivity contribution is 9.10. The van der Waals surface area contributed by atoms with Gasteiger partial charge in [0.1, 0.15) is 0 Å². The van der Waals surface area contributed by atoms with Crippen LogP contribution in [-0.2, 0) is 9.47 Å². The molecule has 3 heteroatoms. The minimum absolute atomic E-state index is 0.467. The Kier molecular flexibility index (Phi) is 2.50. The molecule has 0 amide bonds. The quantitative estimate of drug-likeness (QED) is 0.594. The van der Waals surface area contributed by atoms with Gasteiger partial charge in [-0.15, -0.1) is 0 Å². The van der Waals surface area contributed by atoms with E-state index in [0.717, 1.165) is 26.1 Å². The molecule has 9 heavy (non-hydrogen) atoms. The molecule has 0 unspecified atom stereocenters. The van der Waals surface area contributed by atoms with Gasteiger partial charge in [0.25, 0.3) is 0 Å². The predicted octanol–water partition coefficient (Wildman–Crippen LogP) is 1.88. The summed E-state index contributed by atoms with van der Waals surface area (Å²) in [6.07, 6.45) is 1.86. The van der Waals surface area contributed by atoms with Crippen molar-refractivity contribution in [1.82, 2.24) is 0 Å². The molecule has 0 atom stereocenters. The van der Waals surface area contributed by atoms with Crippen molar-refractivity contribution >= 4 is 15.9 Å². The summed E-state index contributed by atoms with van der Waals surface area (Å²) in [5.74, 6) is 0. The fourth-order valence-corrected chi connectivity index (χ4v) is 1.08. The molecule has 0 bridgehead atoms. The molecule has 0 N–H and O–H groups in total. The van der Waals surface area contributed by atoms with Crippen LogP contribution >= 0.6 is 15.9 Å². The highest BCUT2D eigenvalue weighted by Gasteiger charge is 2.28. The van der Waals surface area contributed by atoms with Crippen LogP contribution in [0.15, 0.2) is 0 Å². The molecule has 0 saturated carbocycles. The Labute approximate surface area is 63.7 Å². The molecule has 54 valence electrons. The lowest BCUT2D eigenvalue weighted by molar-refractivity contribution is -0.200. The highest BCUT2D eigenvalue weighted by atomic mass is 79.9. The zero-order valence-electron chi connectivity index (χ0n) is 5.52. The zero-order valence-corrected chi connectivity index (χ0v) is 7.11. The van der Waals surface area contributed by atoms with Crippen molar-refractivity contribution in [3.05, 3.63) is 0 Å². The molecular formula is C6H11BrO2. The molecule has 0 spiro atoms. The van der Waals surface area contributed by atoms with E-state index in [1.807, 2.05) is 6.92 Å².